The highest BCUT2D eigenvalue weighted by Gasteiger charge is 2.24. The molecule has 4 rings (SSSR count). The van der Waals surface area contributed by atoms with Crippen LogP contribution in [-0.2, 0) is 6.54 Å². The van der Waals surface area contributed by atoms with Crippen LogP contribution in [0.4, 0.5) is 0 Å². The molecule has 6 nitrogen and oxygen atoms in total. The Morgan fingerprint density at radius 1 is 1.07 bits per heavy atom. The predicted molar refractivity (Wildman–Crippen MR) is 117 cm³/mol. The van der Waals surface area contributed by atoms with E-state index in [9.17, 15) is 4.79 Å². The molecule has 3 heterocycles. The van der Waals surface area contributed by atoms with E-state index in [1.807, 2.05) is 61.2 Å². The topological polar surface area (TPSA) is 62.5 Å². The molecule has 2 aromatic heterocycles. The molecule has 7 heteroatoms. The molecule has 0 unspecified atom stereocenters. The van der Waals surface area contributed by atoms with Gasteiger partial charge in [0.2, 0.25) is 0 Å². The first-order chi connectivity index (χ1) is 14.6. The molecule has 0 atom stereocenters. The fourth-order valence-electron chi connectivity index (χ4n) is 3.69. The fraction of sp³-hybridized carbons (Fsp3) is 0.348. The zero-order valence-corrected chi connectivity index (χ0v) is 18.2. The van der Waals surface area contributed by atoms with Crippen molar-refractivity contribution in [1.29, 1.82) is 0 Å². The lowest BCUT2D eigenvalue weighted by Crippen LogP contribution is -2.35. The van der Waals surface area contributed by atoms with Crippen molar-refractivity contribution in [2.24, 2.45) is 0 Å². The first-order valence-corrected chi connectivity index (χ1v) is 11.0. The van der Waals surface area contributed by atoms with Crippen LogP contribution in [0.3, 0.4) is 0 Å². The van der Waals surface area contributed by atoms with Gasteiger partial charge in [0.1, 0.15) is 10.8 Å². The molecule has 0 saturated carbocycles. The smallest absolute Gasteiger partial charge is 0.256 e. The standard InChI is InChI=1S/C23H26N4O2S/c1-17-21(18(2)29-25-17)16-26-12-7-13-27(15-14-26)23(28)20-10-6-11-24-22(20)30-19-8-4-3-5-9-19/h3-6,8-11H,7,12-16H2,1-2H3. The molecule has 1 aromatic carbocycles. The second-order valence-electron chi connectivity index (χ2n) is 7.50. The summed E-state index contributed by atoms with van der Waals surface area (Å²) in [6.07, 6.45) is 2.69. The number of amides is 1. The normalized spacial score (nSPS) is 15.2. The summed E-state index contributed by atoms with van der Waals surface area (Å²) >= 11 is 1.53. The molecule has 0 N–H and O–H groups in total. The van der Waals surface area contributed by atoms with Gasteiger partial charge in [0.05, 0.1) is 11.3 Å². The van der Waals surface area contributed by atoms with E-state index in [-0.39, 0.29) is 5.91 Å². The Bertz CT molecular complexity index is 986. The molecule has 3 aromatic rings. The minimum atomic E-state index is 0.0562. The number of benzene rings is 1. The van der Waals surface area contributed by atoms with Gasteiger partial charge in [-0.15, -0.1) is 0 Å². The molecule has 0 spiro atoms. The summed E-state index contributed by atoms with van der Waals surface area (Å²) in [5, 5.41) is 4.81. The molecule has 1 aliphatic rings. The molecule has 156 valence electrons. The van der Waals surface area contributed by atoms with Crippen LogP contribution in [0.25, 0.3) is 0 Å². The fourth-order valence-corrected chi connectivity index (χ4v) is 4.58. The van der Waals surface area contributed by atoms with E-state index in [1.54, 1.807) is 6.20 Å². The molecule has 1 aliphatic heterocycles. The third kappa shape index (κ3) is 4.74. The Morgan fingerprint density at radius 2 is 1.90 bits per heavy atom. The Balaban J connectivity index is 1.44. The first kappa shape index (κ1) is 20.6. The molecule has 0 bridgehead atoms. The van der Waals surface area contributed by atoms with Crippen molar-refractivity contribution in [2.45, 2.75) is 36.7 Å². The average Bonchev–Trinajstić information content (AvgIpc) is 2.95. The van der Waals surface area contributed by atoms with E-state index in [0.29, 0.717) is 12.1 Å². The number of carbonyl (C=O) groups excluding carboxylic acids is 1. The van der Waals surface area contributed by atoms with Crippen molar-refractivity contribution in [2.75, 3.05) is 26.2 Å². The van der Waals surface area contributed by atoms with Crippen LogP contribution in [-0.4, -0.2) is 52.0 Å². The number of hydrogen-bond donors (Lipinski definition) is 0. The number of aryl methyl sites for hydroxylation is 2. The summed E-state index contributed by atoms with van der Waals surface area (Å²) in [4.78, 5) is 23.2. The Kier molecular flexibility index (Phi) is 6.50. The highest BCUT2D eigenvalue weighted by atomic mass is 32.2. The van der Waals surface area contributed by atoms with Crippen molar-refractivity contribution in [3.05, 3.63) is 71.2 Å². The van der Waals surface area contributed by atoms with Crippen LogP contribution >= 0.6 is 11.8 Å². The number of rotatable bonds is 5. The maximum absolute atomic E-state index is 13.3. The average molecular weight is 423 g/mol. The van der Waals surface area contributed by atoms with Gasteiger partial charge in [-0.05, 0) is 44.5 Å². The van der Waals surface area contributed by atoms with Gasteiger partial charge in [0.15, 0.2) is 0 Å². The second-order valence-corrected chi connectivity index (χ2v) is 8.56. The zero-order valence-electron chi connectivity index (χ0n) is 17.4. The van der Waals surface area contributed by atoms with Gasteiger partial charge in [-0.3, -0.25) is 9.69 Å². The number of carbonyl (C=O) groups is 1. The Hall–Kier alpha value is -2.64. The van der Waals surface area contributed by atoms with Gasteiger partial charge in [-0.2, -0.15) is 0 Å². The van der Waals surface area contributed by atoms with Crippen LogP contribution < -0.4 is 0 Å². The van der Waals surface area contributed by atoms with Crippen molar-refractivity contribution in [1.82, 2.24) is 19.9 Å². The summed E-state index contributed by atoms with van der Waals surface area (Å²) in [6.45, 7) is 7.98. The van der Waals surface area contributed by atoms with E-state index in [2.05, 4.69) is 15.0 Å². The second kappa shape index (κ2) is 9.45. The maximum atomic E-state index is 13.3. The lowest BCUT2D eigenvalue weighted by molar-refractivity contribution is 0.0756. The van der Waals surface area contributed by atoms with Crippen LogP contribution in [0.2, 0.25) is 0 Å². The van der Waals surface area contributed by atoms with Crippen LogP contribution in [0.1, 0.15) is 33.8 Å². The van der Waals surface area contributed by atoms with Crippen LogP contribution in [0, 0.1) is 13.8 Å². The van der Waals surface area contributed by atoms with E-state index in [4.69, 9.17) is 4.52 Å². The van der Waals surface area contributed by atoms with Gasteiger partial charge in [-0.1, -0.05) is 35.1 Å². The molecule has 1 amide bonds. The van der Waals surface area contributed by atoms with Crippen molar-refractivity contribution in [3.8, 4) is 0 Å². The number of aromatic nitrogens is 2. The molecule has 1 saturated heterocycles. The van der Waals surface area contributed by atoms with E-state index in [0.717, 1.165) is 59.5 Å². The lowest BCUT2D eigenvalue weighted by Gasteiger charge is -2.22. The zero-order chi connectivity index (χ0) is 20.9. The minimum Gasteiger partial charge on any atom is -0.361 e. The Morgan fingerprint density at radius 3 is 2.67 bits per heavy atom. The quantitative estimate of drug-likeness (QED) is 0.615. The first-order valence-electron chi connectivity index (χ1n) is 10.2. The highest BCUT2D eigenvalue weighted by Crippen LogP contribution is 2.29. The molecular weight excluding hydrogens is 396 g/mol. The van der Waals surface area contributed by atoms with Gasteiger partial charge >= 0.3 is 0 Å². The van der Waals surface area contributed by atoms with Crippen molar-refractivity contribution in [3.63, 3.8) is 0 Å². The van der Waals surface area contributed by atoms with Gasteiger partial charge < -0.3 is 9.42 Å². The largest absolute Gasteiger partial charge is 0.361 e. The summed E-state index contributed by atoms with van der Waals surface area (Å²) in [7, 11) is 0. The monoisotopic (exact) mass is 422 g/mol. The number of pyridine rings is 1. The SMILES string of the molecule is Cc1noc(C)c1CN1CCCN(C(=O)c2cccnc2Sc2ccccc2)CC1. The van der Waals surface area contributed by atoms with Gasteiger partial charge in [-0.25, -0.2) is 4.98 Å². The van der Waals surface area contributed by atoms with E-state index < -0.39 is 0 Å². The third-order valence-electron chi connectivity index (χ3n) is 5.40. The van der Waals surface area contributed by atoms with Gasteiger partial charge in [0, 0.05) is 49.4 Å². The molecule has 0 aliphatic carbocycles. The number of hydrogen-bond acceptors (Lipinski definition) is 6. The molecule has 1 fully saturated rings. The van der Waals surface area contributed by atoms with Crippen molar-refractivity contribution < 1.29 is 9.32 Å². The summed E-state index contributed by atoms with van der Waals surface area (Å²) in [6, 6.07) is 13.8. The van der Waals surface area contributed by atoms with E-state index in [1.165, 1.54) is 11.8 Å². The summed E-state index contributed by atoms with van der Waals surface area (Å²) < 4.78 is 5.30. The highest BCUT2D eigenvalue weighted by molar-refractivity contribution is 7.99. The number of nitrogens with zero attached hydrogens (tertiary/aromatic N) is 4. The minimum absolute atomic E-state index is 0.0562. The molecule has 30 heavy (non-hydrogen) atoms. The maximum Gasteiger partial charge on any atom is 0.256 e. The lowest BCUT2D eigenvalue weighted by atomic mass is 10.2. The molecule has 0 radical (unpaired) electrons. The van der Waals surface area contributed by atoms with Gasteiger partial charge in [0.25, 0.3) is 5.91 Å². The third-order valence-corrected chi connectivity index (χ3v) is 6.42. The summed E-state index contributed by atoms with van der Waals surface area (Å²) in [5.41, 5.74) is 2.77. The van der Waals surface area contributed by atoms with E-state index >= 15 is 0 Å². The van der Waals surface area contributed by atoms with Crippen molar-refractivity contribution >= 4 is 17.7 Å². The van der Waals surface area contributed by atoms with Crippen LogP contribution in [0.5, 0.6) is 0 Å². The summed E-state index contributed by atoms with van der Waals surface area (Å²) in [5.74, 6) is 0.934. The molecular formula is C23H26N4O2S. The van der Waals surface area contributed by atoms with Crippen LogP contribution in [0.15, 0.2) is 63.1 Å². The Labute approximate surface area is 181 Å². The predicted octanol–water partition coefficient (Wildman–Crippen LogP) is 4.19.